The number of aromatic nitrogens is 2. The van der Waals surface area contributed by atoms with Gasteiger partial charge in [0.2, 0.25) is 0 Å². The summed E-state index contributed by atoms with van der Waals surface area (Å²) in [5, 5.41) is 6.53. The van der Waals surface area contributed by atoms with Gasteiger partial charge >= 0.3 is 0 Å². The zero-order valence-electron chi connectivity index (χ0n) is 10.1. The van der Waals surface area contributed by atoms with Crippen LogP contribution in [0.25, 0.3) is 0 Å². The number of hydrogen-bond donors (Lipinski definition) is 2. The van der Waals surface area contributed by atoms with Gasteiger partial charge in [0.15, 0.2) is 0 Å². The summed E-state index contributed by atoms with van der Waals surface area (Å²) in [7, 11) is 1.90. The number of hydrogen-bond acceptors (Lipinski definition) is 4. The Hall–Kier alpha value is -1.32. The van der Waals surface area contributed by atoms with E-state index in [0.29, 0.717) is 0 Å². The van der Waals surface area contributed by atoms with Gasteiger partial charge in [-0.2, -0.15) is 0 Å². The first-order chi connectivity index (χ1) is 7.85. The van der Waals surface area contributed by atoms with Crippen LogP contribution in [0.5, 0.6) is 0 Å². The number of nitrogens with zero attached hydrogens (tertiary/aromatic N) is 2. The average molecular weight is 220 g/mol. The van der Waals surface area contributed by atoms with Crippen molar-refractivity contribution >= 4 is 11.6 Å². The molecule has 88 valence electrons. The molecule has 2 rings (SSSR count). The van der Waals surface area contributed by atoms with E-state index in [2.05, 4.69) is 27.5 Å². The summed E-state index contributed by atoms with van der Waals surface area (Å²) in [6.45, 7) is 3.16. The molecule has 4 heteroatoms. The molecule has 0 unspecified atom stereocenters. The van der Waals surface area contributed by atoms with E-state index in [1.807, 2.05) is 7.05 Å². The molecule has 0 aromatic carbocycles. The van der Waals surface area contributed by atoms with Crippen molar-refractivity contribution in [1.82, 2.24) is 9.97 Å². The molecular formula is C12H20N4. The molecule has 0 atom stereocenters. The van der Waals surface area contributed by atoms with Crippen molar-refractivity contribution < 1.29 is 0 Å². The Labute approximate surface area is 96.9 Å². The van der Waals surface area contributed by atoms with E-state index in [1.165, 1.54) is 24.8 Å². The van der Waals surface area contributed by atoms with E-state index in [0.717, 1.165) is 30.5 Å². The quantitative estimate of drug-likeness (QED) is 0.772. The van der Waals surface area contributed by atoms with Crippen molar-refractivity contribution in [2.45, 2.75) is 32.6 Å². The van der Waals surface area contributed by atoms with Crippen LogP contribution in [0, 0.1) is 5.92 Å². The third kappa shape index (κ3) is 2.62. The monoisotopic (exact) mass is 220 g/mol. The highest BCUT2D eigenvalue weighted by molar-refractivity contribution is 5.56. The van der Waals surface area contributed by atoms with Gasteiger partial charge in [-0.25, -0.2) is 9.97 Å². The lowest BCUT2D eigenvalue weighted by atomic mass is 10.2. The van der Waals surface area contributed by atoms with Crippen molar-refractivity contribution in [3.05, 3.63) is 11.9 Å². The summed E-state index contributed by atoms with van der Waals surface area (Å²) in [6, 6.07) is 0. The molecular weight excluding hydrogens is 200 g/mol. The normalized spacial score (nSPS) is 14.9. The third-order valence-corrected chi connectivity index (χ3v) is 3.08. The molecule has 0 bridgehead atoms. The van der Waals surface area contributed by atoms with E-state index in [4.69, 9.17) is 0 Å². The second-order valence-corrected chi connectivity index (χ2v) is 4.31. The molecule has 2 N–H and O–H groups in total. The van der Waals surface area contributed by atoms with Crippen molar-refractivity contribution in [2.24, 2.45) is 5.92 Å². The minimum Gasteiger partial charge on any atom is -0.373 e. The molecule has 0 radical (unpaired) electrons. The highest BCUT2D eigenvalue weighted by Crippen LogP contribution is 2.32. The summed E-state index contributed by atoms with van der Waals surface area (Å²) >= 11 is 0. The fourth-order valence-electron chi connectivity index (χ4n) is 1.92. The van der Waals surface area contributed by atoms with Crippen molar-refractivity contribution in [3.8, 4) is 0 Å². The van der Waals surface area contributed by atoms with Crippen LogP contribution in [0.4, 0.5) is 11.6 Å². The Morgan fingerprint density at radius 1 is 1.31 bits per heavy atom. The van der Waals surface area contributed by atoms with Crippen LogP contribution in [-0.4, -0.2) is 23.6 Å². The molecule has 1 heterocycles. The summed E-state index contributed by atoms with van der Waals surface area (Å²) in [5.41, 5.74) is 1.18. The Morgan fingerprint density at radius 2 is 2.06 bits per heavy atom. The van der Waals surface area contributed by atoms with Crippen LogP contribution in [0.3, 0.4) is 0 Å². The van der Waals surface area contributed by atoms with Gasteiger partial charge in [-0.1, -0.05) is 19.8 Å². The molecule has 0 amide bonds. The molecule has 1 fully saturated rings. The first kappa shape index (κ1) is 11.2. The zero-order chi connectivity index (χ0) is 11.4. The predicted molar refractivity (Wildman–Crippen MR) is 66.8 cm³/mol. The topological polar surface area (TPSA) is 49.8 Å². The molecule has 16 heavy (non-hydrogen) atoms. The van der Waals surface area contributed by atoms with Crippen LogP contribution in [0.2, 0.25) is 0 Å². The van der Waals surface area contributed by atoms with Crippen molar-refractivity contribution in [3.63, 3.8) is 0 Å². The minimum atomic E-state index is 0.937. The summed E-state index contributed by atoms with van der Waals surface area (Å²) in [6.07, 6.45) is 6.65. The molecule has 0 aliphatic heterocycles. The molecule has 1 aromatic heterocycles. The lowest BCUT2D eigenvalue weighted by molar-refractivity contribution is 0.757. The number of rotatable bonds is 6. The van der Waals surface area contributed by atoms with Gasteiger partial charge in [0.1, 0.15) is 18.0 Å². The third-order valence-electron chi connectivity index (χ3n) is 3.08. The van der Waals surface area contributed by atoms with Gasteiger partial charge in [-0.05, 0) is 18.8 Å². The molecule has 1 aromatic rings. The predicted octanol–water partition coefficient (Wildman–Crippen LogP) is 2.29. The van der Waals surface area contributed by atoms with E-state index < -0.39 is 0 Å². The Morgan fingerprint density at radius 3 is 2.69 bits per heavy atom. The van der Waals surface area contributed by atoms with Gasteiger partial charge in [-0.3, -0.25) is 0 Å². The van der Waals surface area contributed by atoms with Crippen LogP contribution in [-0.2, 0) is 6.42 Å². The lowest BCUT2D eigenvalue weighted by Crippen LogP contribution is -2.09. The Balaban J connectivity index is 1.99. The van der Waals surface area contributed by atoms with E-state index >= 15 is 0 Å². The molecule has 0 spiro atoms. The Bertz CT molecular complexity index is 347. The van der Waals surface area contributed by atoms with Gasteiger partial charge in [0.05, 0.1) is 0 Å². The highest BCUT2D eigenvalue weighted by Gasteiger charge is 2.20. The molecule has 0 saturated heterocycles. The number of anilines is 2. The smallest absolute Gasteiger partial charge is 0.134 e. The van der Waals surface area contributed by atoms with Crippen LogP contribution < -0.4 is 10.6 Å². The molecule has 1 saturated carbocycles. The van der Waals surface area contributed by atoms with E-state index in [-0.39, 0.29) is 0 Å². The highest BCUT2D eigenvalue weighted by atomic mass is 15.1. The second-order valence-electron chi connectivity index (χ2n) is 4.31. The maximum Gasteiger partial charge on any atom is 0.134 e. The van der Waals surface area contributed by atoms with Crippen molar-refractivity contribution in [1.29, 1.82) is 0 Å². The lowest BCUT2D eigenvalue weighted by Gasteiger charge is -2.12. The van der Waals surface area contributed by atoms with E-state index in [9.17, 15) is 0 Å². The van der Waals surface area contributed by atoms with Crippen molar-refractivity contribution in [2.75, 3.05) is 24.2 Å². The van der Waals surface area contributed by atoms with E-state index in [1.54, 1.807) is 6.33 Å². The maximum atomic E-state index is 4.31. The zero-order valence-corrected chi connectivity index (χ0v) is 10.1. The minimum absolute atomic E-state index is 0.937. The number of nitrogens with one attached hydrogen (secondary N) is 2. The maximum absolute atomic E-state index is 4.31. The van der Waals surface area contributed by atoms with Crippen LogP contribution >= 0.6 is 0 Å². The first-order valence-electron chi connectivity index (χ1n) is 6.10. The molecule has 1 aliphatic rings. The molecule has 4 nitrogen and oxygen atoms in total. The Kier molecular flexibility index (Phi) is 3.59. The van der Waals surface area contributed by atoms with Gasteiger partial charge in [0.25, 0.3) is 0 Å². The first-order valence-corrected chi connectivity index (χ1v) is 6.10. The summed E-state index contributed by atoms with van der Waals surface area (Å²) < 4.78 is 0. The van der Waals surface area contributed by atoms with Gasteiger partial charge in [0, 0.05) is 19.2 Å². The van der Waals surface area contributed by atoms with Gasteiger partial charge in [-0.15, -0.1) is 0 Å². The second kappa shape index (κ2) is 5.14. The SMILES string of the molecule is CCc1c(NC)ncnc1NCCC1CC1. The summed E-state index contributed by atoms with van der Waals surface area (Å²) in [4.78, 5) is 8.54. The summed E-state index contributed by atoms with van der Waals surface area (Å²) in [5.74, 6) is 2.89. The standard InChI is InChI=1S/C12H20N4/c1-3-10-11(13-2)15-8-16-12(10)14-7-6-9-4-5-9/h8-9H,3-7H2,1-2H3,(H2,13,14,15,16). The van der Waals surface area contributed by atoms with Crippen LogP contribution in [0.15, 0.2) is 6.33 Å². The fraction of sp³-hybridized carbons (Fsp3) is 0.667. The van der Waals surface area contributed by atoms with Crippen LogP contribution in [0.1, 0.15) is 31.7 Å². The fourth-order valence-corrected chi connectivity index (χ4v) is 1.92. The molecule has 1 aliphatic carbocycles. The largest absolute Gasteiger partial charge is 0.373 e. The van der Waals surface area contributed by atoms with Gasteiger partial charge < -0.3 is 10.6 Å². The average Bonchev–Trinajstić information content (AvgIpc) is 3.12.